The van der Waals surface area contributed by atoms with Crippen LogP contribution in [-0.4, -0.2) is 41.4 Å². The number of hydrogen-bond acceptors (Lipinski definition) is 5. The molecule has 0 unspecified atom stereocenters. The fraction of sp³-hybridized carbons (Fsp3) is 0.529. The van der Waals surface area contributed by atoms with Gasteiger partial charge in [-0.25, -0.2) is 0 Å². The summed E-state index contributed by atoms with van der Waals surface area (Å²) in [6, 6.07) is 6.78. The molecule has 1 saturated heterocycles. The van der Waals surface area contributed by atoms with Crippen molar-refractivity contribution in [1.29, 1.82) is 5.26 Å². The van der Waals surface area contributed by atoms with Crippen LogP contribution in [0.4, 0.5) is 11.4 Å². The molecular formula is C17H20N4O3. The summed E-state index contributed by atoms with van der Waals surface area (Å²) in [7, 11) is 0. The summed E-state index contributed by atoms with van der Waals surface area (Å²) in [6.45, 7) is 2.09. The first-order valence-electron chi connectivity index (χ1n) is 8.33. The number of anilines is 1. The van der Waals surface area contributed by atoms with Gasteiger partial charge in [0.2, 0.25) is 5.91 Å². The normalized spacial score (nSPS) is 20.0. The van der Waals surface area contributed by atoms with Crippen LogP contribution >= 0.6 is 0 Å². The minimum absolute atomic E-state index is 0.0909. The number of amides is 1. The molecule has 0 spiro atoms. The van der Waals surface area contributed by atoms with Crippen LogP contribution in [0, 0.1) is 21.4 Å². The van der Waals surface area contributed by atoms with Crippen molar-refractivity contribution in [2.45, 2.75) is 38.1 Å². The average molecular weight is 328 g/mol. The minimum Gasteiger partial charge on any atom is -0.306 e. The van der Waals surface area contributed by atoms with Gasteiger partial charge in [0.25, 0.3) is 5.69 Å². The summed E-state index contributed by atoms with van der Waals surface area (Å²) in [5, 5.41) is 20.3. The summed E-state index contributed by atoms with van der Waals surface area (Å²) >= 11 is 0. The Bertz CT molecular complexity index is 694. The van der Waals surface area contributed by atoms with Gasteiger partial charge in [0.05, 0.1) is 16.6 Å². The summed E-state index contributed by atoms with van der Waals surface area (Å²) in [6.07, 6.45) is 4.84. The molecule has 1 aromatic rings. The molecule has 3 rings (SSSR count). The van der Waals surface area contributed by atoms with Crippen LogP contribution in [0.15, 0.2) is 18.2 Å². The molecule has 2 aliphatic rings. The molecule has 1 amide bonds. The molecule has 0 atom stereocenters. The monoisotopic (exact) mass is 328 g/mol. The average Bonchev–Trinajstić information content (AvgIpc) is 2.52. The zero-order valence-electron chi connectivity index (χ0n) is 13.5. The smallest absolute Gasteiger partial charge is 0.294 e. The van der Waals surface area contributed by atoms with Crippen molar-refractivity contribution in [2.75, 3.05) is 24.5 Å². The van der Waals surface area contributed by atoms with Crippen LogP contribution in [0.25, 0.3) is 0 Å². The highest BCUT2D eigenvalue weighted by molar-refractivity contribution is 5.96. The molecular weight excluding hydrogens is 308 g/mol. The molecule has 24 heavy (non-hydrogen) atoms. The van der Waals surface area contributed by atoms with Crippen LogP contribution in [0.1, 0.15) is 37.7 Å². The second-order valence-electron chi connectivity index (χ2n) is 6.34. The Morgan fingerprint density at radius 2 is 2.00 bits per heavy atom. The first-order chi connectivity index (χ1) is 11.6. The molecule has 7 heteroatoms. The van der Waals surface area contributed by atoms with E-state index in [9.17, 15) is 14.9 Å². The van der Waals surface area contributed by atoms with E-state index in [0.29, 0.717) is 31.2 Å². The number of carbonyl (C=O) groups excluding carboxylic acids is 1. The van der Waals surface area contributed by atoms with Gasteiger partial charge < -0.3 is 4.90 Å². The summed E-state index contributed by atoms with van der Waals surface area (Å²) in [4.78, 5) is 27.3. The number of nitro groups is 1. The molecule has 2 fully saturated rings. The molecule has 1 aliphatic carbocycles. The fourth-order valence-corrected chi connectivity index (χ4v) is 3.38. The zero-order valence-corrected chi connectivity index (χ0v) is 13.5. The van der Waals surface area contributed by atoms with Gasteiger partial charge in [0.1, 0.15) is 5.69 Å². The van der Waals surface area contributed by atoms with Crippen molar-refractivity contribution in [2.24, 2.45) is 0 Å². The van der Waals surface area contributed by atoms with Gasteiger partial charge in [-0.2, -0.15) is 5.26 Å². The van der Waals surface area contributed by atoms with Crippen LogP contribution in [0.3, 0.4) is 0 Å². The number of nitro benzene ring substituents is 1. The van der Waals surface area contributed by atoms with Crippen LogP contribution in [0.2, 0.25) is 0 Å². The van der Waals surface area contributed by atoms with Gasteiger partial charge in [-0.3, -0.25) is 19.8 Å². The Balaban J connectivity index is 1.80. The summed E-state index contributed by atoms with van der Waals surface area (Å²) in [5.41, 5.74) is 0.334. The van der Waals surface area contributed by atoms with Gasteiger partial charge >= 0.3 is 0 Å². The van der Waals surface area contributed by atoms with Gasteiger partial charge in [0.15, 0.2) is 0 Å². The Hall–Kier alpha value is -2.46. The van der Waals surface area contributed by atoms with E-state index in [1.807, 2.05) is 6.07 Å². The van der Waals surface area contributed by atoms with E-state index >= 15 is 0 Å². The maximum atomic E-state index is 12.6. The second kappa shape index (κ2) is 6.97. The maximum absolute atomic E-state index is 12.6. The number of carbonyl (C=O) groups is 1. The Morgan fingerprint density at radius 1 is 1.21 bits per heavy atom. The molecule has 1 aromatic carbocycles. The van der Waals surface area contributed by atoms with Crippen LogP contribution in [0.5, 0.6) is 0 Å². The van der Waals surface area contributed by atoms with Crippen LogP contribution < -0.4 is 4.90 Å². The first-order valence-corrected chi connectivity index (χ1v) is 8.33. The topological polar surface area (TPSA) is 90.5 Å². The molecule has 0 aromatic heterocycles. The molecule has 126 valence electrons. The fourth-order valence-electron chi connectivity index (χ4n) is 3.38. The number of benzene rings is 1. The Morgan fingerprint density at radius 3 is 2.62 bits per heavy atom. The van der Waals surface area contributed by atoms with Crippen molar-refractivity contribution in [3.05, 3.63) is 33.9 Å². The lowest BCUT2D eigenvalue weighted by Gasteiger charge is -2.39. The second-order valence-corrected chi connectivity index (χ2v) is 6.34. The van der Waals surface area contributed by atoms with Crippen molar-refractivity contribution in [3.63, 3.8) is 0 Å². The third-order valence-electron chi connectivity index (χ3n) is 4.92. The largest absolute Gasteiger partial charge is 0.306 e. The summed E-state index contributed by atoms with van der Waals surface area (Å²) in [5.74, 6) is -0.0909. The SMILES string of the molecule is N#Cc1ccc(N2CCCN(C3CCC3)CCC2=O)c([N+](=O)[O-])c1. The lowest BCUT2D eigenvalue weighted by molar-refractivity contribution is -0.384. The van der Waals surface area contributed by atoms with Crippen molar-refractivity contribution in [1.82, 2.24) is 4.90 Å². The molecule has 1 saturated carbocycles. The third kappa shape index (κ3) is 3.24. The van der Waals surface area contributed by atoms with Crippen LogP contribution in [-0.2, 0) is 4.79 Å². The highest BCUT2D eigenvalue weighted by Gasteiger charge is 2.30. The lowest BCUT2D eigenvalue weighted by Crippen LogP contribution is -2.46. The standard InChI is InChI=1S/C17H20N4O3/c18-12-13-5-6-15(16(11-13)21(23)24)20-9-2-8-19(10-7-17(20)22)14-3-1-4-14/h5-6,11,14H,1-4,7-10H2. The predicted molar refractivity (Wildman–Crippen MR) is 88.6 cm³/mol. The lowest BCUT2D eigenvalue weighted by atomic mass is 9.91. The molecule has 0 bridgehead atoms. The van der Waals surface area contributed by atoms with Gasteiger partial charge in [-0.05, 0) is 31.4 Å². The van der Waals surface area contributed by atoms with E-state index in [1.54, 1.807) is 0 Å². The number of rotatable bonds is 3. The predicted octanol–water partition coefficient (Wildman–Crippen LogP) is 2.45. The van der Waals surface area contributed by atoms with E-state index in [0.717, 1.165) is 13.0 Å². The first kappa shape index (κ1) is 16.4. The molecule has 1 heterocycles. The zero-order chi connectivity index (χ0) is 17.1. The molecule has 0 N–H and O–H groups in total. The van der Waals surface area contributed by atoms with E-state index in [1.165, 1.54) is 42.4 Å². The van der Waals surface area contributed by atoms with Gasteiger partial charge in [0, 0.05) is 38.2 Å². The Labute approximate surface area is 140 Å². The summed E-state index contributed by atoms with van der Waals surface area (Å²) < 4.78 is 0. The number of nitrogens with zero attached hydrogens (tertiary/aromatic N) is 4. The highest BCUT2D eigenvalue weighted by atomic mass is 16.6. The molecule has 7 nitrogen and oxygen atoms in total. The van der Waals surface area contributed by atoms with Crippen molar-refractivity contribution < 1.29 is 9.72 Å². The van der Waals surface area contributed by atoms with Gasteiger partial charge in [-0.15, -0.1) is 0 Å². The van der Waals surface area contributed by atoms with E-state index in [-0.39, 0.29) is 17.2 Å². The highest BCUT2D eigenvalue weighted by Crippen LogP contribution is 2.31. The number of hydrogen-bond donors (Lipinski definition) is 0. The van der Waals surface area contributed by atoms with E-state index in [4.69, 9.17) is 5.26 Å². The quantitative estimate of drug-likeness (QED) is 0.628. The molecule has 0 radical (unpaired) electrons. The Kier molecular flexibility index (Phi) is 4.76. The third-order valence-corrected chi connectivity index (χ3v) is 4.92. The molecule has 1 aliphatic heterocycles. The number of nitriles is 1. The minimum atomic E-state index is -0.525. The van der Waals surface area contributed by atoms with Crippen molar-refractivity contribution in [3.8, 4) is 6.07 Å². The van der Waals surface area contributed by atoms with Gasteiger partial charge in [-0.1, -0.05) is 6.42 Å². The van der Waals surface area contributed by atoms with E-state index in [2.05, 4.69) is 4.90 Å². The maximum Gasteiger partial charge on any atom is 0.294 e. The van der Waals surface area contributed by atoms with Crippen molar-refractivity contribution >= 4 is 17.3 Å². The van der Waals surface area contributed by atoms with E-state index < -0.39 is 4.92 Å².